The third-order valence-corrected chi connectivity index (χ3v) is 6.11. The molecule has 1 aromatic carbocycles. The Morgan fingerprint density at radius 1 is 1.11 bits per heavy atom. The molecule has 0 saturated carbocycles. The topological polar surface area (TPSA) is 117 Å². The Bertz CT molecular complexity index is 836. The van der Waals surface area contributed by atoms with E-state index in [4.69, 9.17) is 18.9 Å². The van der Waals surface area contributed by atoms with Crippen LogP contribution < -0.4 is 19.5 Å². The predicted molar refractivity (Wildman–Crippen MR) is 96.2 cm³/mol. The zero-order chi connectivity index (χ0) is 20.2. The van der Waals surface area contributed by atoms with Gasteiger partial charge in [0.2, 0.25) is 5.75 Å². The highest BCUT2D eigenvalue weighted by Crippen LogP contribution is 2.39. The van der Waals surface area contributed by atoms with Gasteiger partial charge in [0.1, 0.15) is 5.56 Å². The zero-order valence-corrected chi connectivity index (χ0v) is 16.5. The number of hydrogen-bond acceptors (Lipinski definition) is 8. The number of amides is 1. The van der Waals surface area contributed by atoms with E-state index in [1.54, 1.807) is 6.92 Å². The van der Waals surface area contributed by atoms with Crippen molar-refractivity contribution in [3.63, 3.8) is 0 Å². The Morgan fingerprint density at radius 2 is 1.78 bits per heavy atom. The van der Waals surface area contributed by atoms with E-state index in [0.29, 0.717) is 12.2 Å². The van der Waals surface area contributed by atoms with Crippen molar-refractivity contribution < 1.29 is 37.0 Å². The first-order chi connectivity index (χ1) is 12.6. The Kier molecular flexibility index (Phi) is 6.19. The number of sulfone groups is 1. The molecule has 0 unspecified atom stereocenters. The van der Waals surface area contributed by atoms with Gasteiger partial charge in [-0.25, -0.2) is 13.2 Å². The van der Waals surface area contributed by atoms with Crippen LogP contribution in [0.4, 0.5) is 0 Å². The van der Waals surface area contributed by atoms with Gasteiger partial charge >= 0.3 is 5.97 Å². The van der Waals surface area contributed by atoms with E-state index in [1.807, 2.05) is 0 Å². The second kappa shape index (κ2) is 8.03. The highest BCUT2D eigenvalue weighted by Gasteiger charge is 2.39. The highest BCUT2D eigenvalue weighted by molar-refractivity contribution is 7.91. The summed E-state index contributed by atoms with van der Waals surface area (Å²) in [4.78, 5) is 24.4. The van der Waals surface area contributed by atoms with Crippen molar-refractivity contribution in [2.45, 2.75) is 18.9 Å². The fraction of sp³-hybridized carbons (Fsp3) is 0.529. The van der Waals surface area contributed by atoms with Gasteiger partial charge in [-0.15, -0.1) is 0 Å². The summed E-state index contributed by atoms with van der Waals surface area (Å²) in [6.07, 6.45) is 0.318. The van der Waals surface area contributed by atoms with E-state index in [9.17, 15) is 18.0 Å². The van der Waals surface area contributed by atoms with Crippen LogP contribution in [0, 0.1) is 0 Å². The minimum Gasteiger partial charge on any atom is -0.493 e. The van der Waals surface area contributed by atoms with Crippen LogP contribution in [-0.4, -0.2) is 65.3 Å². The number of ether oxygens (including phenoxy) is 4. The molecule has 1 atom stereocenters. The molecule has 1 aliphatic heterocycles. The van der Waals surface area contributed by atoms with E-state index in [-0.39, 0.29) is 28.6 Å². The monoisotopic (exact) mass is 401 g/mol. The molecule has 0 spiro atoms. The van der Waals surface area contributed by atoms with Gasteiger partial charge in [-0.1, -0.05) is 0 Å². The first-order valence-electron chi connectivity index (χ1n) is 8.12. The Morgan fingerprint density at radius 3 is 2.30 bits per heavy atom. The van der Waals surface area contributed by atoms with E-state index >= 15 is 0 Å². The maximum Gasteiger partial charge on any atom is 0.342 e. The molecule has 0 bridgehead atoms. The molecule has 1 N–H and O–H groups in total. The summed E-state index contributed by atoms with van der Waals surface area (Å²) in [5, 5.41) is 2.62. The molecule has 1 fully saturated rings. The number of carbonyl (C=O) groups excluding carboxylic acids is 2. The normalized spacial score (nSPS) is 20.6. The van der Waals surface area contributed by atoms with Crippen molar-refractivity contribution >= 4 is 21.7 Å². The lowest BCUT2D eigenvalue weighted by Crippen LogP contribution is -2.48. The maximum absolute atomic E-state index is 12.3. The number of rotatable bonds is 7. The lowest BCUT2D eigenvalue weighted by Gasteiger charge is -2.23. The smallest absolute Gasteiger partial charge is 0.342 e. The summed E-state index contributed by atoms with van der Waals surface area (Å²) in [5.41, 5.74) is -0.791. The average molecular weight is 401 g/mol. The van der Waals surface area contributed by atoms with Gasteiger partial charge in [0.05, 0.1) is 38.4 Å². The third-order valence-electron chi connectivity index (χ3n) is 4.20. The molecule has 10 heteroatoms. The third kappa shape index (κ3) is 4.82. The van der Waals surface area contributed by atoms with Crippen molar-refractivity contribution in [3.8, 4) is 17.2 Å². The highest BCUT2D eigenvalue weighted by atomic mass is 32.2. The van der Waals surface area contributed by atoms with Crippen molar-refractivity contribution in [2.24, 2.45) is 0 Å². The van der Waals surface area contributed by atoms with E-state index in [1.165, 1.54) is 33.5 Å². The minimum atomic E-state index is -3.16. The van der Waals surface area contributed by atoms with Crippen LogP contribution in [0.15, 0.2) is 12.1 Å². The summed E-state index contributed by atoms with van der Waals surface area (Å²) < 4.78 is 43.8. The lowest BCUT2D eigenvalue weighted by molar-refractivity contribution is -0.125. The van der Waals surface area contributed by atoms with Gasteiger partial charge in [-0.2, -0.15) is 0 Å². The van der Waals surface area contributed by atoms with Gasteiger partial charge in [-0.05, 0) is 25.5 Å². The van der Waals surface area contributed by atoms with Crippen LogP contribution in [-0.2, 0) is 19.4 Å². The zero-order valence-electron chi connectivity index (χ0n) is 15.7. The quantitative estimate of drug-likeness (QED) is 0.659. The van der Waals surface area contributed by atoms with Crippen LogP contribution in [0.5, 0.6) is 17.2 Å². The SMILES string of the molecule is COc1ccc(C(=O)OCC(=O)N[C@@]2(C)CCS(=O)(=O)C2)c(OC)c1OC. The average Bonchev–Trinajstić information content (AvgIpc) is 2.90. The van der Waals surface area contributed by atoms with Crippen molar-refractivity contribution in [1.29, 1.82) is 0 Å². The second-order valence-corrected chi connectivity index (χ2v) is 8.59. The number of hydrogen-bond donors (Lipinski definition) is 1. The van der Waals surface area contributed by atoms with Crippen LogP contribution in [0.1, 0.15) is 23.7 Å². The lowest BCUT2D eigenvalue weighted by atomic mass is 10.0. The molecule has 150 valence electrons. The first kappa shape index (κ1) is 20.8. The van der Waals surface area contributed by atoms with Crippen LogP contribution >= 0.6 is 0 Å². The van der Waals surface area contributed by atoms with Gasteiger partial charge in [0.15, 0.2) is 27.9 Å². The molecule has 1 saturated heterocycles. The first-order valence-corrected chi connectivity index (χ1v) is 9.94. The number of esters is 1. The van der Waals surface area contributed by atoms with Gasteiger partial charge in [-0.3, -0.25) is 4.79 Å². The molecule has 1 aromatic rings. The standard InChI is InChI=1S/C17H23NO8S/c1-17(7-8-27(21,22)10-17)18-13(19)9-26-16(20)11-5-6-12(23-2)15(25-4)14(11)24-3/h5-6H,7-10H2,1-4H3,(H,18,19)/t17-/m0/s1. The summed E-state index contributed by atoms with van der Waals surface area (Å²) >= 11 is 0. The van der Waals surface area contributed by atoms with E-state index in [0.717, 1.165) is 0 Å². The second-order valence-electron chi connectivity index (χ2n) is 6.41. The number of nitrogens with one attached hydrogen (secondary N) is 1. The molecule has 1 amide bonds. The molecule has 27 heavy (non-hydrogen) atoms. The van der Waals surface area contributed by atoms with Crippen molar-refractivity contribution in [3.05, 3.63) is 17.7 Å². The van der Waals surface area contributed by atoms with Gasteiger partial charge < -0.3 is 24.3 Å². The largest absolute Gasteiger partial charge is 0.493 e. The van der Waals surface area contributed by atoms with Gasteiger partial charge in [0, 0.05) is 0 Å². The Hall–Kier alpha value is -2.49. The number of carbonyl (C=O) groups is 2. The Balaban J connectivity index is 2.04. The molecular formula is C17H23NO8S. The van der Waals surface area contributed by atoms with Crippen molar-refractivity contribution in [1.82, 2.24) is 5.32 Å². The predicted octanol–water partition coefficient (Wildman–Crippen LogP) is 0.563. The molecule has 1 heterocycles. The number of methoxy groups -OCH3 is 3. The summed E-state index contributed by atoms with van der Waals surface area (Å²) in [7, 11) is 1.05. The van der Waals surface area contributed by atoms with E-state index in [2.05, 4.69) is 5.32 Å². The van der Waals surface area contributed by atoms with E-state index < -0.39 is 33.9 Å². The fourth-order valence-electron chi connectivity index (χ4n) is 2.95. The molecule has 0 aromatic heterocycles. The summed E-state index contributed by atoms with van der Waals surface area (Å²) in [5.74, 6) is -0.762. The maximum atomic E-state index is 12.3. The van der Waals surface area contributed by atoms with Crippen LogP contribution in [0.25, 0.3) is 0 Å². The molecule has 0 radical (unpaired) electrons. The molecule has 2 rings (SSSR count). The Labute approximate surface area is 157 Å². The summed E-state index contributed by atoms with van der Waals surface area (Å²) in [6, 6.07) is 2.95. The fourth-order valence-corrected chi connectivity index (χ4v) is 5.05. The van der Waals surface area contributed by atoms with Crippen LogP contribution in [0.3, 0.4) is 0 Å². The van der Waals surface area contributed by atoms with Crippen molar-refractivity contribution in [2.75, 3.05) is 39.4 Å². The van der Waals surface area contributed by atoms with Crippen LogP contribution in [0.2, 0.25) is 0 Å². The molecule has 0 aliphatic carbocycles. The molecule has 1 aliphatic rings. The molecule has 9 nitrogen and oxygen atoms in total. The van der Waals surface area contributed by atoms with Gasteiger partial charge in [0.25, 0.3) is 5.91 Å². The number of benzene rings is 1. The molecular weight excluding hydrogens is 378 g/mol. The minimum absolute atomic E-state index is 0.0202. The summed E-state index contributed by atoms with van der Waals surface area (Å²) in [6.45, 7) is 1.10.